The zero-order valence-corrected chi connectivity index (χ0v) is 30.2. The van der Waals surface area contributed by atoms with Crippen molar-refractivity contribution in [3.05, 3.63) is 170 Å². The van der Waals surface area contributed by atoms with Crippen molar-refractivity contribution >= 4 is 102 Å². The number of hydrogen-bond acceptors (Lipinski definition) is 3. The maximum absolute atomic E-state index is 5.62. The molecule has 13 rings (SSSR count). The highest BCUT2D eigenvalue weighted by atomic mass is 32.1. The summed E-state index contributed by atoms with van der Waals surface area (Å²) in [5.41, 5.74) is 10.3. The highest BCUT2D eigenvalue weighted by Crippen LogP contribution is 2.48. The van der Waals surface area contributed by atoms with Gasteiger partial charge in [0.2, 0.25) is 5.95 Å². The molecule has 5 heteroatoms. The Labute approximate surface area is 318 Å². The molecule has 0 unspecified atom stereocenters. The Morgan fingerprint density at radius 2 is 1.11 bits per heavy atom. The smallest absolute Gasteiger partial charge is 0.236 e. The Kier molecular flexibility index (Phi) is 5.74. The fraction of sp³-hybridized carbons (Fsp3) is 0. The minimum absolute atomic E-state index is 0.677. The van der Waals surface area contributed by atoms with Crippen LogP contribution in [0.15, 0.2) is 170 Å². The minimum Gasteiger partial charge on any atom is -0.308 e. The van der Waals surface area contributed by atoms with E-state index in [-0.39, 0.29) is 0 Å². The molecule has 0 amide bonds. The van der Waals surface area contributed by atoms with Gasteiger partial charge >= 0.3 is 0 Å². The first-order valence-corrected chi connectivity index (χ1v) is 19.5. The van der Waals surface area contributed by atoms with Gasteiger partial charge in [-0.25, -0.2) is 9.97 Å². The standard InChI is InChI=1S/C50H28N4S/c1-2-12-29(13-3-1)32-24-25-41-38(27-32)44-42(28-37-34-16-6-9-19-39(34)53-40-20-10-7-17-35(40)45(44)48(37)53)54(41)50-51-47(33-23-22-30-14-4-5-15-31(30)26-33)46-36-18-8-11-21-43(36)55-49(46)52-50/h1-28H. The van der Waals surface area contributed by atoms with Crippen molar-refractivity contribution in [1.29, 1.82) is 0 Å². The Balaban J connectivity index is 1.23. The second-order valence-electron chi connectivity index (χ2n) is 14.6. The highest BCUT2D eigenvalue weighted by molar-refractivity contribution is 7.25. The summed E-state index contributed by atoms with van der Waals surface area (Å²) in [5.74, 6) is 0.677. The Hall–Kier alpha value is -7.08. The normalized spacial score (nSPS) is 12.4. The molecule has 5 aromatic heterocycles. The summed E-state index contributed by atoms with van der Waals surface area (Å²) in [6, 6.07) is 61.6. The number of para-hydroxylation sites is 2. The topological polar surface area (TPSA) is 35.1 Å². The van der Waals surface area contributed by atoms with Crippen LogP contribution in [0.5, 0.6) is 0 Å². The number of hydrogen-bond donors (Lipinski definition) is 0. The molecule has 0 N–H and O–H groups in total. The average Bonchev–Trinajstić information content (AvgIpc) is 3.98. The second-order valence-corrected chi connectivity index (χ2v) is 15.6. The number of fused-ring (bicyclic) bond motifs is 14. The van der Waals surface area contributed by atoms with Gasteiger partial charge in [0, 0.05) is 53.4 Å². The van der Waals surface area contributed by atoms with Gasteiger partial charge < -0.3 is 4.40 Å². The Bertz CT molecular complexity index is 3720. The number of thiophene rings is 1. The maximum Gasteiger partial charge on any atom is 0.236 e. The largest absolute Gasteiger partial charge is 0.308 e. The van der Waals surface area contributed by atoms with Gasteiger partial charge in [-0.2, -0.15) is 0 Å². The third kappa shape index (κ3) is 3.94. The average molecular weight is 717 g/mol. The molecule has 0 atom stereocenters. The Morgan fingerprint density at radius 3 is 1.98 bits per heavy atom. The third-order valence-electron chi connectivity index (χ3n) is 11.7. The molecule has 0 saturated carbocycles. The number of rotatable bonds is 3. The second kappa shape index (κ2) is 10.8. The molecule has 0 spiro atoms. The summed E-state index contributed by atoms with van der Waals surface area (Å²) >= 11 is 1.74. The molecule has 4 nitrogen and oxygen atoms in total. The SMILES string of the molecule is c1ccc(-c2ccc3c(c2)c2c4c5ccccc5n5c6ccccc6c(cc2n3-c2nc(-c3ccc6ccccc6c3)c3c(n2)sc2ccccc23)c45)cc1. The fourth-order valence-electron chi connectivity index (χ4n) is 9.30. The van der Waals surface area contributed by atoms with Gasteiger partial charge in [0.05, 0.1) is 33.3 Å². The van der Waals surface area contributed by atoms with E-state index in [4.69, 9.17) is 9.97 Å². The van der Waals surface area contributed by atoms with Gasteiger partial charge in [0.1, 0.15) is 4.83 Å². The quantitative estimate of drug-likeness (QED) is 0.182. The van der Waals surface area contributed by atoms with Gasteiger partial charge in [0.25, 0.3) is 0 Å². The lowest BCUT2D eigenvalue weighted by atomic mass is 9.99. The third-order valence-corrected chi connectivity index (χ3v) is 12.7. The van der Waals surface area contributed by atoms with Crippen LogP contribution < -0.4 is 0 Å². The van der Waals surface area contributed by atoms with Crippen molar-refractivity contribution in [3.8, 4) is 28.3 Å². The van der Waals surface area contributed by atoms with E-state index in [1.54, 1.807) is 11.3 Å². The molecule has 0 aliphatic rings. The van der Waals surface area contributed by atoms with Crippen LogP contribution in [-0.4, -0.2) is 18.9 Å². The molecule has 0 aliphatic heterocycles. The van der Waals surface area contributed by atoms with Crippen molar-refractivity contribution in [2.45, 2.75) is 0 Å². The first-order chi connectivity index (χ1) is 27.3. The predicted octanol–water partition coefficient (Wildman–Crippen LogP) is 13.6. The van der Waals surface area contributed by atoms with Crippen LogP contribution in [0.2, 0.25) is 0 Å². The lowest BCUT2D eigenvalue weighted by molar-refractivity contribution is 1.02. The summed E-state index contributed by atoms with van der Waals surface area (Å²) in [5, 5.41) is 12.1. The van der Waals surface area contributed by atoms with Crippen LogP contribution >= 0.6 is 11.3 Å². The number of aromatic nitrogens is 4. The maximum atomic E-state index is 5.62. The van der Waals surface area contributed by atoms with Crippen molar-refractivity contribution in [2.24, 2.45) is 0 Å². The number of nitrogens with zero attached hydrogens (tertiary/aromatic N) is 4. The highest BCUT2D eigenvalue weighted by Gasteiger charge is 2.26. The van der Waals surface area contributed by atoms with Gasteiger partial charge in [-0.15, -0.1) is 11.3 Å². The predicted molar refractivity (Wildman–Crippen MR) is 232 cm³/mol. The molecule has 254 valence electrons. The van der Waals surface area contributed by atoms with Crippen LogP contribution in [0.3, 0.4) is 0 Å². The van der Waals surface area contributed by atoms with E-state index in [0.29, 0.717) is 5.95 Å². The lowest BCUT2D eigenvalue weighted by Crippen LogP contribution is -2.02. The summed E-state index contributed by atoms with van der Waals surface area (Å²) in [4.78, 5) is 12.1. The van der Waals surface area contributed by atoms with Crippen LogP contribution in [-0.2, 0) is 0 Å². The summed E-state index contributed by atoms with van der Waals surface area (Å²) < 4.78 is 6.01. The molecular weight excluding hydrogens is 689 g/mol. The van der Waals surface area contributed by atoms with Crippen molar-refractivity contribution in [2.75, 3.05) is 0 Å². The molecule has 55 heavy (non-hydrogen) atoms. The number of benzene rings is 8. The van der Waals surface area contributed by atoms with Crippen molar-refractivity contribution < 1.29 is 0 Å². The van der Waals surface area contributed by atoms with Gasteiger partial charge in [-0.3, -0.25) is 4.57 Å². The molecule has 13 aromatic rings. The summed E-state index contributed by atoms with van der Waals surface area (Å²) in [6.45, 7) is 0. The summed E-state index contributed by atoms with van der Waals surface area (Å²) in [6.07, 6.45) is 0. The van der Waals surface area contributed by atoms with E-state index in [0.717, 1.165) is 32.5 Å². The molecular formula is C50H28N4S. The van der Waals surface area contributed by atoms with Crippen LogP contribution in [0.1, 0.15) is 0 Å². The van der Waals surface area contributed by atoms with E-state index in [1.807, 2.05) is 0 Å². The monoisotopic (exact) mass is 716 g/mol. The molecule has 0 radical (unpaired) electrons. The van der Waals surface area contributed by atoms with E-state index in [9.17, 15) is 0 Å². The van der Waals surface area contributed by atoms with E-state index in [2.05, 4.69) is 179 Å². The Morgan fingerprint density at radius 1 is 0.400 bits per heavy atom. The minimum atomic E-state index is 0.677. The first kappa shape index (κ1) is 29.4. The van der Waals surface area contributed by atoms with Gasteiger partial charge in [-0.05, 0) is 64.4 Å². The van der Waals surface area contributed by atoms with Crippen molar-refractivity contribution in [1.82, 2.24) is 18.9 Å². The van der Waals surface area contributed by atoms with E-state index >= 15 is 0 Å². The summed E-state index contributed by atoms with van der Waals surface area (Å²) in [7, 11) is 0. The van der Waals surface area contributed by atoms with E-state index in [1.165, 1.54) is 80.9 Å². The van der Waals surface area contributed by atoms with Crippen LogP contribution in [0.4, 0.5) is 0 Å². The molecule has 0 bridgehead atoms. The molecule has 8 aromatic carbocycles. The van der Waals surface area contributed by atoms with Crippen LogP contribution in [0.25, 0.3) is 119 Å². The molecule has 5 heterocycles. The van der Waals surface area contributed by atoms with Gasteiger partial charge in [0.15, 0.2) is 0 Å². The zero-order chi connectivity index (χ0) is 35.8. The molecule has 0 saturated heterocycles. The zero-order valence-electron chi connectivity index (χ0n) is 29.4. The van der Waals surface area contributed by atoms with Crippen molar-refractivity contribution in [3.63, 3.8) is 0 Å². The van der Waals surface area contributed by atoms with Crippen LogP contribution in [0, 0.1) is 0 Å². The van der Waals surface area contributed by atoms with Gasteiger partial charge in [-0.1, -0.05) is 127 Å². The lowest BCUT2D eigenvalue weighted by Gasteiger charge is -2.11. The molecule has 0 aliphatic carbocycles. The molecule has 0 fully saturated rings. The first-order valence-electron chi connectivity index (χ1n) is 18.7. The van der Waals surface area contributed by atoms with E-state index < -0.39 is 0 Å². The fourth-order valence-corrected chi connectivity index (χ4v) is 10.4.